The molecule has 2 aromatic carbocycles. The van der Waals surface area contributed by atoms with Gasteiger partial charge in [0.05, 0.1) is 6.07 Å². The van der Waals surface area contributed by atoms with E-state index in [9.17, 15) is 4.79 Å². The molecular weight excluding hydrogens is 260 g/mol. The van der Waals surface area contributed by atoms with Gasteiger partial charge in [-0.2, -0.15) is 5.26 Å². The molecule has 0 aliphatic carbocycles. The number of nitriles is 1. The predicted molar refractivity (Wildman–Crippen MR) is 81.9 cm³/mol. The molecule has 1 heterocycles. The number of hydrogen-bond acceptors (Lipinski definition) is 2. The minimum Gasteiger partial charge on any atom is -0.314 e. The van der Waals surface area contributed by atoms with Gasteiger partial charge >= 0.3 is 0 Å². The summed E-state index contributed by atoms with van der Waals surface area (Å²) < 4.78 is 0. The van der Waals surface area contributed by atoms with Crippen LogP contribution in [0.15, 0.2) is 54.6 Å². The van der Waals surface area contributed by atoms with E-state index in [1.54, 1.807) is 11.9 Å². The number of rotatable bonds is 3. The van der Waals surface area contributed by atoms with Crippen molar-refractivity contribution in [1.29, 1.82) is 5.26 Å². The highest BCUT2D eigenvalue weighted by molar-refractivity contribution is 6.10. The Morgan fingerprint density at radius 2 is 1.76 bits per heavy atom. The first-order chi connectivity index (χ1) is 10.2. The molecule has 1 unspecified atom stereocenters. The molecule has 0 fully saturated rings. The Morgan fingerprint density at radius 3 is 2.48 bits per heavy atom. The molecule has 3 heteroatoms. The number of carbonyl (C=O) groups excluding carboxylic acids is 1. The number of anilines is 1. The lowest BCUT2D eigenvalue weighted by Crippen LogP contribution is -2.39. The van der Waals surface area contributed by atoms with Gasteiger partial charge in [-0.3, -0.25) is 4.79 Å². The van der Waals surface area contributed by atoms with Gasteiger partial charge in [0.2, 0.25) is 5.91 Å². The van der Waals surface area contributed by atoms with E-state index in [1.807, 2.05) is 54.6 Å². The minimum absolute atomic E-state index is 0.0464. The van der Waals surface area contributed by atoms with Gasteiger partial charge in [-0.25, -0.2) is 0 Å². The molecule has 3 rings (SSSR count). The van der Waals surface area contributed by atoms with Gasteiger partial charge in [-0.1, -0.05) is 48.5 Å². The van der Waals surface area contributed by atoms with Crippen molar-refractivity contribution in [2.24, 2.45) is 0 Å². The molecule has 0 N–H and O–H groups in total. The Labute approximate surface area is 124 Å². The van der Waals surface area contributed by atoms with E-state index in [2.05, 4.69) is 6.07 Å². The van der Waals surface area contributed by atoms with Crippen molar-refractivity contribution in [3.05, 3.63) is 65.7 Å². The van der Waals surface area contributed by atoms with Crippen LogP contribution in [0.4, 0.5) is 5.69 Å². The van der Waals surface area contributed by atoms with Gasteiger partial charge in [0.15, 0.2) is 0 Å². The van der Waals surface area contributed by atoms with Gasteiger partial charge in [0.25, 0.3) is 0 Å². The largest absolute Gasteiger partial charge is 0.314 e. The van der Waals surface area contributed by atoms with Crippen LogP contribution in [0.3, 0.4) is 0 Å². The summed E-state index contributed by atoms with van der Waals surface area (Å²) in [5, 5.41) is 9.01. The van der Waals surface area contributed by atoms with E-state index in [1.165, 1.54) is 0 Å². The molecule has 21 heavy (non-hydrogen) atoms. The number of nitrogens with zero attached hydrogens (tertiary/aromatic N) is 2. The lowest BCUT2D eigenvalue weighted by Gasteiger charge is -2.28. The maximum absolute atomic E-state index is 13.0. The quantitative estimate of drug-likeness (QED) is 0.863. The first-order valence-corrected chi connectivity index (χ1v) is 7.02. The van der Waals surface area contributed by atoms with Crippen molar-refractivity contribution < 1.29 is 4.79 Å². The summed E-state index contributed by atoms with van der Waals surface area (Å²) >= 11 is 0. The van der Waals surface area contributed by atoms with E-state index in [0.717, 1.165) is 16.8 Å². The third kappa shape index (κ3) is 1.84. The Kier molecular flexibility index (Phi) is 3.23. The van der Waals surface area contributed by atoms with Crippen LogP contribution < -0.4 is 4.90 Å². The zero-order valence-electron chi connectivity index (χ0n) is 11.9. The predicted octanol–water partition coefficient (Wildman–Crippen LogP) is 3.25. The van der Waals surface area contributed by atoms with E-state index in [0.29, 0.717) is 12.8 Å². The van der Waals surface area contributed by atoms with Crippen LogP contribution >= 0.6 is 0 Å². The fraction of sp³-hybridized carbons (Fsp3) is 0.222. The summed E-state index contributed by atoms with van der Waals surface area (Å²) in [6.45, 7) is 0. The van der Waals surface area contributed by atoms with E-state index < -0.39 is 5.41 Å². The van der Waals surface area contributed by atoms with Crippen molar-refractivity contribution in [3.8, 4) is 6.07 Å². The molecule has 0 aromatic heterocycles. The lowest BCUT2D eigenvalue weighted by molar-refractivity contribution is -0.121. The molecule has 1 aliphatic heterocycles. The van der Waals surface area contributed by atoms with Crippen molar-refractivity contribution in [1.82, 2.24) is 0 Å². The normalized spacial score (nSPS) is 20.2. The average Bonchev–Trinajstić information content (AvgIpc) is 2.76. The van der Waals surface area contributed by atoms with Crippen molar-refractivity contribution in [2.45, 2.75) is 18.3 Å². The molecule has 2 aromatic rings. The van der Waals surface area contributed by atoms with Gasteiger partial charge in [-0.15, -0.1) is 0 Å². The van der Waals surface area contributed by atoms with Crippen LogP contribution in [0.1, 0.15) is 24.0 Å². The zero-order chi connectivity index (χ0) is 14.9. The third-order valence-electron chi connectivity index (χ3n) is 4.27. The topological polar surface area (TPSA) is 44.1 Å². The summed E-state index contributed by atoms with van der Waals surface area (Å²) in [5.74, 6) is 0.0464. The number of fused-ring (bicyclic) bond motifs is 1. The summed E-state index contributed by atoms with van der Waals surface area (Å²) in [6, 6.07) is 19.8. The average molecular weight is 276 g/mol. The third-order valence-corrected chi connectivity index (χ3v) is 4.27. The fourth-order valence-corrected chi connectivity index (χ4v) is 3.27. The Hall–Kier alpha value is -2.60. The molecule has 0 radical (unpaired) electrons. The highest BCUT2D eigenvalue weighted by Gasteiger charge is 2.50. The molecule has 0 saturated heterocycles. The molecule has 0 spiro atoms. The number of hydrogen-bond donors (Lipinski definition) is 0. The maximum atomic E-state index is 13.0. The van der Waals surface area contributed by atoms with E-state index in [4.69, 9.17) is 5.26 Å². The van der Waals surface area contributed by atoms with Crippen LogP contribution in [0.2, 0.25) is 0 Å². The second-order valence-corrected chi connectivity index (χ2v) is 5.31. The SMILES string of the molecule is CN1C(=O)C(CCC#N)(c2ccccc2)c2ccccc21. The van der Waals surface area contributed by atoms with E-state index >= 15 is 0 Å². The van der Waals surface area contributed by atoms with Crippen LogP contribution in [0, 0.1) is 11.3 Å². The fourth-order valence-electron chi connectivity index (χ4n) is 3.27. The number of amides is 1. The van der Waals surface area contributed by atoms with Crippen LogP contribution in [0.5, 0.6) is 0 Å². The molecule has 3 nitrogen and oxygen atoms in total. The summed E-state index contributed by atoms with van der Waals surface area (Å²) in [4.78, 5) is 14.7. The summed E-state index contributed by atoms with van der Waals surface area (Å²) in [7, 11) is 1.80. The number of para-hydroxylation sites is 1. The second-order valence-electron chi connectivity index (χ2n) is 5.31. The molecule has 0 saturated carbocycles. The van der Waals surface area contributed by atoms with E-state index in [-0.39, 0.29) is 5.91 Å². The number of likely N-dealkylation sites (N-methyl/N-ethyl adjacent to an activating group) is 1. The first-order valence-electron chi connectivity index (χ1n) is 7.02. The second kappa shape index (κ2) is 5.06. The number of carbonyl (C=O) groups is 1. The highest BCUT2D eigenvalue weighted by atomic mass is 16.2. The molecule has 104 valence electrons. The molecule has 1 atom stereocenters. The molecule has 1 amide bonds. The van der Waals surface area contributed by atoms with Gasteiger partial charge in [0.1, 0.15) is 5.41 Å². The zero-order valence-corrected chi connectivity index (χ0v) is 11.9. The van der Waals surface area contributed by atoms with Gasteiger partial charge < -0.3 is 4.90 Å². The summed E-state index contributed by atoms with van der Waals surface area (Å²) in [5.41, 5.74) is 2.16. The monoisotopic (exact) mass is 276 g/mol. The van der Waals surface area contributed by atoms with Gasteiger partial charge in [0, 0.05) is 19.2 Å². The Bertz CT molecular complexity index is 717. The Morgan fingerprint density at radius 1 is 1.10 bits per heavy atom. The van der Waals surface area contributed by atoms with Crippen LogP contribution in [-0.4, -0.2) is 13.0 Å². The Balaban J connectivity index is 2.26. The van der Waals surface area contributed by atoms with Gasteiger partial charge in [-0.05, 0) is 23.6 Å². The molecular formula is C18H16N2O. The molecule has 1 aliphatic rings. The highest BCUT2D eigenvalue weighted by Crippen LogP contribution is 2.48. The minimum atomic E-state index is -0.734. The number of benzene rings is 2. The lowest BCUT2D eigenvalue weighted by atomic mass is 9.72. The van der Waals surface area contributed by atoms with Crippen molar-refractivity contribution >= 4 is 11.6 Å². The smallest absolute Gasteiger partial charge is 0.241 e. The standard InChI is InChI=1S/C18H16N2O/c1-20-16-11-6-5-10-15(16)18(17(20)21,12-7-13-19)14-8-3-2-4-9-14/h2-6,8-11H,7,12H2,1H3. The van der Waals surface area contributed by atoms with Crippen molar-refractivity contribution in [3.63, 3.8) is 0 Å². The van der Waals surface area contributed by atoms with Crippen molar-refractivity contribution in [2.75, 3.05) is 11.9 Å². The first kappa shape index (κ1) is 13.4. The summed E-state index contributed by atoms with van der Waals surface area (Å²) in [6.07, 6.45) is 0.858. The molecule has 0 bridgehead atoms. The van der Waals surface area contributed by atoms with Crippen LogP contribution in [0.25, 0.3) is 0 Å². The maximum Gasteiger partial charge on any atom is 0.241 e. The van der Waals surface area contributed by atoms with Crippen LogP contribution in [-0.2, 0) is 10.2 Å².